The van der Waals surface area contributed by atoms with Crippen LogP contribution in [0.15, 0.2) is 58.7 Å². The van der Waals surface area contributed by atoms with Gasteiger partial charge in [0.1, 0.15) is 29.1 Å². The molecule has 0 heterocycles. The van der Waals surface area contributed by atoms with Crippen LogP contribution >= 0.6 is 15.9 Å². The van der Waals surface area contributed by atoms with Crippen LogP contribution in [-0.2, 0) is 6.54 Å². The molecule has 3 aromatic carbocycles. The Bertz CT molecular complexity index is 1350. The van der Waals surface area contributed by atoms with Crippen LogP contribution in [0.25, 0.3) is 0 Å². The van der Waals surface area contributed by atoms with Crippen LogP contribution in [-0.4, -0.2) is 11.7 Å². The highest BCUT2D eigenvalue weighted by molar-refractivity contribution is 9.10. The number of primary amides is 1. The predicted molar refractivity (Wildman–Crippen MR) is 129 cm³/mol. The number of nitrogens with one attached hydrogen (secondary N) is 1. The standard InChI is InChI=1S/C17H14BrF3N2O.C7H6F2N2O/c1-9(4-16(24)13-3-2-11(18)6-14(13)20)23-8-10-5-12(19)7-15(21)17(10)22;8-3-1-4(7(11)12)6(10)5(9)2-3/h2-7,23H,8,22H2,1H3;1-2H,10H2,(H2,11,12)/b9-4-;. The van der Waals surface area contributed by atoms with Gasteiger partial charge in [0.25, 0.3) is 5.91 Å². The van der Waals surface area contributed by atoms with Gasteiger partial charge in [0.05, 0.1) is 22.5 Å². The van der Waals surface area contributed by atoms with Gasteiger partial charge in [0.2, 0.25) is 0 Å². The number of halogens is 6. The smallest absolute Gasteiger partial charge is 0.251 e. The highest BCUT2D eigenvalue weighted by Gasteiger charge is 2.13. The summed E-state index contributed by atoms with van der Waals surface area (Å²) in [5.41, 5.74) is 15.1. The summed E-state index contributed by atoms with van der Waals surface area (Å²) in [6.07, 6.45) is 1.21. The molecule has 0 spiro atoms. The molecular formula is C24H20BrF5N4O2. The van der Waals surface area contributed by atoms with E-state index >= 15 is 0 Å². The van der Waals surface area contributed by atoms with Crippen LogP contribution in [0.1, 0.15) is 33.2 Å². The van der Waals surface area contributed by atoms with Crippen LogP contribution < -0.4 is 22.5 Å². The van der Waals surface area contributed by atoms with E-state index in [1.165, 1.54) is 18.2 Å². The zero-order valence-corrected chi connectivity index (χ0v) is 20.2. The van der Waals surface area contributed by atoms with Gasteiger partial charge in [-0.2, -0.15) is 0 Å². The second kappa shape index (κ2) is 12.2. The average Bonchev–Trinajstić information content (AvgIpc) is 2.77. The maximum atomic E-state index is 13.7. The molecular weight excluding hydrogens is 551 g/mol. The van der Waals surface area contributed by atoms with E-state index in [0.717, 1.165) is 12.1 Å². The van der Waals surface area contributed by atoms with E-state index in [1.54, 1.807) is 13.0 Å². The van der Waals surface area contributed by atoms with Crippen molar-refractivity contribution >= 4 is 39.0 Å². The summed E-state index contributed by atoms with van der Waals surface area (Å²) in [5.74, 6) is -5.57. The molecule has 6 nitrogen and oxygen atoms in total. The van der Waals surface area contributed by atoms with Crippen molar-refractivity contribution in [1.29, 1.82) is 0 Å². The van der Waals surface area contributed by atoms with Gasteiger partial charge in [-0.05, 0) is 42.8 Å². The molecule has 12 heteroatoms. The lowest BCUT2D eigenvalue weighted by molar-refractivity contribution is 0.0998. The van der Waals surface area contributed by atoms with E-state index in [-0.39, 0.29) is 28.9 Å². The third-order valence-corrected chi connectivity index (χ3v) is 5.13. The van der Waals surface area contributed by atoms with Crippen LogP contribution in [0.3, 0.4) is 0 Å². The quantitative estimate of drug-likeness (QED) is 0.144. The molecule has 0 atom stereocenters. The van der Waals surface area contributed by atoms with Crippen LogP contribution in [0.2, 0.25) is 0 Å². The van der Waals surface area contributed by atoms with Crippen LogP contribution in [0.4, 0.5) is 33.3 Å². The molecule has 3 rings (SSSR count). The number of ketones is 1. The maximum Gasteiger partial charge on any atom is 0.251 e. The molecule has 0 aromatic heterocycles. The fraction of sp³-hybridized carbons (Fsp3) is 0.0833. The van der Waals surface area contributed by atoms with Crippen molar-refractivity contribution < 1.29 is 31.5 Å². The average molecular weight is 571 g/mol. The molecule has 0 aliphatic heterocycles. The summed E-state index contributed by atoms with van der Waals surface area (Å²) in [5, 5.41) is 2.82. The number of hydrogen-bond acceptors (Lipinski definition) is 5. The van der Waals surface area contributed by atoms with E-state index in [1.807, 2.05) is 0 Å². The molecule has 36 heavy (non-hydrogen) atoms. The van der Waals surface area contributed by atoms with Gasteiger partial charge in [0.15, 0.2) is 5.78 Å². The van der Waals surface area contributed by atoms with E-state index in [0.29, 0.717) is 22.3 Å². The molecule has 0 saturated heterocycles. The molecule has 0 unspecified atom stereocenters. The maximum absolute atomic E-state index is 13.7. The van der Waals surface area contributed by atoms with Gasteiger partial charge in [-0.1, -0.05) is 15.9 Å². The number of hydrogen-bond donors (Lipinski definition) is 4. The molecule has 0 fully saturated rings. The van der Waals surface area contributed by atoms with Crippen LogP contribution in [0, 0.1) is 29.1 Å². The Hall–Kier alpha value is -3.93. The zero-order chi connectivity index (χ0) is 27.2. The fourth-order valence-electron chi connectivity index (χ4n) is 2.82. The summed E-state index contributed by atoms with van der Waals surface area (Å²) in [7, 11) is 0. The van der Waals surface area contributed by atoms with Crippen molar-refractivity contribution in [2.45, 2.75) is 13.5 Å². The highest BCUT2D eigenvalue weighted by atomic mass is 79.9. The lowest BCUT2D eigenvalue weighted by Gasteiger charge is -2.10. The van der Waals surface area contributed by atoms with Crippen molar-refractivity contribution in [3.63, 3.8) is 0 Å². The van der Waals surface area contributed by atoms with Gasteiger partial charge in [-0.25, -0.2) is 22.0 Å². The van der Waals surface area contributed by atoms with Gasteiger partial charge < -0.3 is 22.5 Å². The minimum absolute atomic E-state index is 0.0267. The van der Waals surface area contributed by atoms with Crippen molar-refractivity contribution in [2.75, 3.05) is 11.5 Å². The topological polar surface area (TPSA) is 124 Å². The zero-order valence-electron chi connectivity index (χ0n) is 18.6. The van der Waals surface area contributed by atoms with Gasteiger partial charge >= 0.3 is 0 Å². The lowest BCUT2D eigenvalue weighted by Crippen LogP contribution is -2.14. The van der Waals surface area contributed by atoms with Gasteiger partial charge in [0, 0.05) is 34.9 Å². The highest BCUT2D eigenvalue weighted by Crippen LogP contribution is 2.20. The Morgan fingerprint density at radius 3 is 2.03 bits per heavy atom. The SMILES string of the molecule is C/C(=C/C(=O)c1ccc(Br)cc1F)NCc1cc(F)cc(F)c1N.NC(=O)c1cc(F)cc(F)c1N. The van der Waals surface area contributed by atoms with Crippen LogP contribution in [0.5, 0.6) is 0 Å². The number of benzene rings is 3. The number of carbonyl (C=O) groups excluding carboxylic acids is 2. The number of amides is 1. The third kappa shape index (κ3) is 7.54. The van der Waals surface area contributed by atoms with E-state index in [4.69, 9.17) is 17.2 Å². The number of rotatable bonds is 6. The van der Waals surface area contributed by atoms with Gasteiger partial charge in [-0.15, -0.1) is 0 Å². The Morgan fingerprint density at radius 1 is 0.861 bits per heavy atom. The summed E-state index contributed by atoms with van der Waals surface area (Å²) < 4.78 is 65.9. The minimum atomic E-state index is -0.983. The molecule has 0 radical (unpaired) electrons. The van der Waals surface area contributed by atoms with E-state index < -0.39 is 46.5 Å². The Morgan fingerprint density at radius 2 is 1.44 bits per heavy atom. The first-order valence-corrected chi connectivity index (χ1v) is 10.8. The van der Waals surface area contributed by atoms with Crippen molar-refractivity contribution in [3.05, 3.63) is 104 Å². The predicted octanol–water partition coefficient (Wildman–Crippen LogP) is 4.97. The second-order valence-corrected chi connectivity index (χ2v) is 8.26. The molecule has 7 N–H and O–H groups in total. The summed E-state index contributed by atoms with van der Waals surface area (Å²) >= 11 is 3.11. The molecule has 0 aliphatic carbocycles. The Labute approximate surface area is 211 Å². The van der Waals surface area contributed by atoms with Crippen molar-refractivity contribution in [2.24, 2.45) is 5.73 Å². The summed E-state index contributed by atoms with van der Waals surface area (Å²) in [4.78, 5) is 22.6. The number of nitrogen functional groups attached to an aromatic ring is 2. The van der Waals surface area contributed by atoms with E-state index in [9.17, 15) is 31.5 Å². The lowest BCUT2D eigenvalue weighted by atomic mass is 10.1. The normalized spacial score (nSPS) is 10.9. The number of carbonyl (C=O) groups is 2. The molecule has 1 amide bonds. The molecule has 3 aromatic rings. The first-order valence-electron chi connectivity index (χ1n) is 9.99. The number of nitrogens with two attached hydrogens (primary N) is 3. The number of allylic oxidation sites excluding steroid dienone is 2. The molecule has 190 valence electrons. The first kappa shape index (κ1) is 28.3. The second-order valence-electron chi connectivity index (χ2n) is 7.34. The summed E-state index contributed by atoms with van der Waals surface area (Å²) in [6.45, 7) is 1.61. The molecule has 0 aliphatic rings. The third-order valence-electron chi connectivity index (χ3n) is 4.64. The van der Waals surface area contributed by atoms with E-state index in [2.05, 4.69) is 21.2 Å². The minimum Gasteiger partial charge on any atom is -0.396 e. The Kier molecular flexibility index (Phi) is 9.56. The molecule has 0 bridgehead atoms. The van der Waals surface area contributed by atoms with Gasteiger partial charge in [-0.3, -0.25) is 9.59 Å². The van der Waals surface area contributed by atoms with Crippen molar-refractivity contribution in [1.82, 2.24) is 5.32 Å². The first-order chi connectivity index (χ1) is 16.8. The number of anilines is 2. The molecule has 0 saturated carbocycles. The fourth-order valence-corrected chi connectivity index (χ4v) is 3.16. The van der Waals surface area contributed by atoms with Crippen molar-refractivity contribution in [3.8, 4) is 0 Å². The summed E-state index contributed by atoms with van der Waals surface area (Å²) in [6, 6.07) is 7.30. The largest absolute Gasteiger partial charge is 0.396 e. The monoisotopic (exact) mass is 570 g/mol. The Balaban J connectivity index is 0.000000319.